The number of nitrogens with two attached hydrogens (primary N) is 1. The highest BCUT2D eigenvalue weighted by molar-refractivity contribution is 7.61. The lowest BCUT2D eigenvalue weighted by Crippen LogP contribution is -2.36. The van der Waals surface area contributed by atoms with E-state index in [0.29, 0.717) is 19.3 Å². The molecule has 7 N–H and O–H groups in total. The molecule has 1 aromatic heterocycles. The number of aliphatic hydroxyl groups excluding tert-OH is 3. The Kier molecular flexibility index (Phi) is 39.4. The number of nitrogens with zero attached hydrogens (tertiary/aromatic N) is 2. The van der Waals surface area contributed by atoms with Gasteiger partial charge in [0.15, 0.2) is 12.3 Å². The molecule has 2 heterocycles. The average Bonchev–Trinajstić information content (AvgIpc) is 3.75. The summed E-state index contributed by atoms with van der Waals surface area (Å²) in [4.78, 5) is 62.1. The van der Waals surface area contributed by atoms with E-state index in [-0.39, 0.29) is 24.8 Å². The first kappa shape index (κ1) is 70.8. The van der Waals surface area contributed by atoms with Crippen LogP contribution in [0, 0.1) is 5.92 Å². The van der Waals surface area contributed by atoms with Crippen molar-refractivity contribution in [3.63, 3.8) is 0 Å². The molecule has 1 aliphatic heterocycles. The minimum Gasteiger partial charge on any atom is -0.462 e. The van der Waals surface area contributed by atoms with E-state index in [1.54, 1.807) is 0 Å². The highest BCUT2D eigenvalue weighted by Gasteiger charge is 2.46. The maximum Gasteiger partial charge on any atom is 0.481 e. The molecule has 9 atom stereocenters. The molecule has 0 spiro atoms. The van der Waals surface area contributed by atoms with Gasteiger partial charge in [0.1, 0.15) is 30.7 Å². The first-order chi connectivity index (χ1) is 37.5. The van der Waals surface area contributed by atoms with Crippen molar-refractivity contribution in [1.82, 2.24) is 9.55 Å². The number of aliphatic hydroxyl groups is 3. The van der Waals surface area contributed by atoms with E-state index in [0.717, 1.165) is 80.9 Å². The lowest BCUT2D eigenvalue weighted by Gasteiger charge is -2.21. The van der Waals surface area contributed by atoms with Crippen molar-refractivity contribution < 1.29 is 71.4 Å². The van der Waals surface area contributed by atoms with Crippen molar-refractivity contribution in [2.24, 2.45) is 5.92 Å². The predicted octanol–water partition coefficient (Wildman–Crippen LogP) is 12.1. The molecular weight excluding hydrogens is 1040 g/mol. The molecule has 0 amide bonds. The van der Waals surface area contributed by atoms with Gasteiger partial charge in [-0.2, -0.15) is 9.29 Å². The smallest absolute Gasteiger partial charge is 0.462 e. The molecule has 0 bridgehead atoms. The van der Waals surface area contributed by atoms with Gasteiger partial charge < -0.3 is 45.1 Å². The molecule has 448 valence electrons. The predicted molar refractivity (Wildman–Crippen MR) is 304 cm³/mol. The van der Waals surface area contributed by atoms with Crippen LogP contribution in [-0.4, -0.2) is 96.9 Å². The van der Waals surface area contributed by atoms with Crippen LogP contribution in [0.1, 0.15) is 220 Å². The van der Waals surface area contributed by atoms with E-state index >= 15 is 0 Å². The number of allylic oxidation sites excluding steroid dienone is 8. The third-order valence-electron chi connectivity index (χ3n) is 13.6. The van der Waals surface area contributed by atoms with Crippen molar-refractivity contribution in [2.45, 2.75) is 250 Å². The van der Waals surface area contributed by atoms with Crippen LogP contribution < -0.4 is 11.4 Å². The van der Waals surface area contributed by atoms with Gasteiger partial charge in [0.05, 0.1) is 19.3 Å². The van der Waals surface area contributed by atoms with Crippen LogP contribution in [0.2, 0.25) is 0 Å². The number of aromatic nitrogens is 2. The Morgan fingerprint density at radius 3 is 1.72 bits per heavy atom. The van der Waals surface area contributed by atoms with Crippen LogP contribution in [0.15, 0.2) is 65.7 Å². The molecule has 0 aromatic carbocycles. The lowest BCUT2D eigenvalue weighted by molar-refractivity contribution is -0.161. The quantitative estimate of drug-likeness (QED) is 0.0153. The second-order valence-electron chi connectivity index (χ2n) is 20.5. The first-order valence-electron chi connectivity index (χ1n) is 29.1. The highest BCUT2D eigenvalue weighted by Crippen LogP contribution is 2.60. The highest BCUT2D eigenvalue weighted by atomic mass is 31.3. The number of esters is 2. The van der Waals surface area contributed by atoms with Gasteiger partial charge in [0, 0.05) is 19.0 Å². The number of phosphoric ester groups is 2. The van der Waals surface area contributed by atoms with E-state index in [4.69, 9.17) is 29.0 Å². The van der Waals surface area contributed by atoms with Crippen LogP contribution in [0.4, 0.5) is 5.82 Å². The molecule has 19 nitrogen and oxygen atoms in total. The minimum absolute atomic E-state index is 0.0338. The number of unbranched alkanes of at least 4 members (excludes halogenated alkanes) is 18. The molecular formula is C57H99N3O16P2. The molecule has 1 fully saturated rings. The second kappa shape index (κ2) is 43.4. The van der Waals surface area contributed by atoms with Gasteiger partial charge in [-0.1, -0.05) is 191 Å². The first-order valence-corrected chi connectivity index (χ1v) is 32.1. The van der Waals surface area contributed by atoms with E-state index < -0.39 is 83.7 Å². The fraction of sp³-hybridized carbons (Fsp3) is 0.754. The summed E-state index contributed by atoms with van der Waals surface area (Å²) in [7, 11) is -10.9. The Hall–Kier alpha value is -3.32. The van der Waals surface area contributed by atoms with Crippen LogP contribution in [0.25, 0.3) is 0 Å². The third-order valence-corrected chi connectivity index (χ3v) is 16.2. The van der Waals surface area contributed by atoms with Crippen molar-refractivity contribution in [3.05, 3.63) is 71.4 Å². The molecule has 78 heavy (non-hydrogen) atoms. The van der Waals surface area contributed by atoms with Gasteiger partial charge in [-0.3, -0.25) is 23.2 Å². The van der Waals surface area contributed by atoms with E-state index in [1.807, 2.05) is 19.1 Å². The maximum atomic E-state index is 12.9. The fourth-order valence-corrected chi connectivity index (χ4v) is 10.7. The Balaban J connectivity index is 1.76. The molecule has 2 rings (SSSR count). The molecule has 3 unspecified atom stereocenters. The van der Waals surface area contributed by atoms with Gasteiger partial charge in [-0.05, 0) is 69.8 Å². The molecule has 0 aliphatic carbocycles. The molecule has 1 aromatic rings. The van der Waals surface area contributed by atoms with E-state index in [2.05, 4.69) is 59.6 Å². The van der Waals surface area contributed by atoms with Gasteiger partial charge >= 0.3 is 33.3 Å². The summed E-state index contributed by atoms with van der Waals surface area (Å²) >= 11 is 0. The van der Waals surface area contributed by atoms with Crippen LogP contribution in [0.3, 0.4) is 0 Å². The van der Waals surface area contributed by atoms with Crippen LogP contribution >= 0.6 is 15.6 Å². The van der Waals surface area contributed by atoms with E-state index in [9.17, 15) is 48.6 Å². The van der Waals surface area contributed by atoms with E-state index in [1.165, 1.54) is 102 Å². The van der Waals surface area contributed by atoms with Gasteiger partial charge in [-0.15, -0.1) is 0 Å². The maximum absolute atomic E-state index is 12.9. The SMILES string of the molecule is CCC(C)CCCCCCCCCCCCCCCCCCCCC(=O)O[C@H](COC(=O)CCC/C=C\C/C=C\C/C=C\C/C=C\CC[C@@H](O)CC)COP(=O)(O)OP(=O)(O)OC[C@H]1O[C@@H](n2ccc(N)nc2=O)[C@H](O)[C@@H]1O. The van der Waals surface area contributed by atoms with Crippen molar-refractivity contribution in [2.75, 3.05) is 25.6 Å². The van der Waals surface area contributed by atoms with Gasteiger partial charge in [0.2, 0.25) is 0 Å². The summed E-state index contributed by atoms with van der Waals surface area (Å²) in [5.74, 6) is -0.510. The number of phosphoric acid groups is 2. The Morgan fingerprint density at radius 2 is 1.18 bits per heavy atom. The number of carbonyl (C=O) groups is 2. The number of rotatable bonds is 48. The summed E-state index contributed by atoms with van der Waals surface area (Å²) in [5.41, 5.74) is 4.59. The number of hydrogen-bond donors (Lipinski definition) is 6. The zero-order valence-corrected chi connectivity index (χ0v) is 49.0. The zero-order valence-electron chi connectivity index (χ0n) is 47.2. The fourth-order valence-electron chi connectivity index (χ4n) is 8.56. The lowest BCUT2D eigenvalue weighted by atomic mass is 9.99. The average molecular weight is 1140 g/mol. The summed E-state index contributed by atoms with van der Waals surface area (Å²) in [6.45, 7) is 4.23. The van der Waals surface area contributed by atoms with Gasteiger partial charge in [0.25, 0.3) is 0 Å². The largest absolute Gasteiger partial charge is 0.481 e. The second-order valence-corrected chi connectivity index (χ2v) is 23.6. The summed E-state index contributed by atoms with van der Waals surface area (Å²) < 4.78 is 56.9. The minimum atomic E-state index is -5.44. The summed E-state index contributed by atoms with van der Waals surface area (Å²) in [5, 5.41) is 30.6. The molecule has 0 saturated carbocycles. The summed E-state index contributed by atoms with van der Waals surface area (Å²) in [6.07, 6.45) is 39.8. The Bertz CT molecular complexity index is 2030. The van der Waals surface area contributed by atoms with Crippen molar-refractivity contribution >= 4 is 33.4 Å². The number of nitrogen functional groups attached to an aromatic ring is 1. The number of anilines is 1. The topological polar surface area (TPSA) is 286 Å². The number of ether oxygens (including phenoxy) is 3. The van der Waals surface area contributed by atoms with Crippen LogP contribution in [0.5, 0.6) is 0 Å². The Morgan fingerprint density at radius 1 is 0.679 bits per heavy atom. The number of carbonyl (C=O) groups excluding carboxylic acids is 2. The monoisotopic (exact) mass is 1140 g/mol. The van der Waals surface area contributed by atoms with Crippen LogP contribution in [-0.2, 0) is 46.3 Å². The normalized spacial score (nSPS) is 19.7. The Labute approximate surface area is 465 Å². The molecule has 0 radical (unpaired) electrons. The van der Waals surface area contributed by atoms with Crippen molar-refractivity contribution in [1.29, 1.82) is 0 Å². The zero-order chi connectivity index (χ0) is 57.3. The molecule has 1 aliphatic rings. The molecule has 21 heteroatoms. The standard InChI is InChI=1S/C57H99N3O16P2/c1-4-47(3)38-34-30-26-22-18-14-10-8-6-7-9-11-17-21-25-29-33-37-41-53(63)74-49(44-71-52(62)40-36-32-28-24-20-16-13-12-15-19-23-27-31-35-39-48(61)5-2)45-72-77(67,68)76-78(69,70)73-46-50-54(64)55(65)56(75-50)60-43-42-51(58)59-57(60)66/h13,15-16,19,24,27-28,31,42-43,47-50,54-56,61,64-65H,4-12,14,17-18,20-23,25-26,29-30,32-41,44-46H2,1-3H3,(H,67,68)(H,69,70)(H2,58,59,66)/b16-13-,19-15-,28-24-,31-27-/t47?,48-,49+,50+,54+,55+,56+/m0/s1. The third kappa shape index (κ3) is 35.4. The van der Waals surface area contributed by atoms with Crippen molar-refractivity contribution in [3.8, 4) is 0 Å². The summed E-state index contributed by atoms with van der Waals surface area (Å²) in [6, 6.07) is 1.25. The number of hydrogen-bond acceptors (Lipinski definition) is 16. The molecule has 1 saturated heterocycles. The van der Waals surface area contributed by atoms with Gasteiger partial charge in [-0.25, -0.2) is 13.9 Å².